The van der Waals surface area contributed by atoms with Crippen LogP contribution in [0.1, 0.15) is 43.9 Å². The molecule has 230 valence electrons. The van der Waals surface area contributed by atoms with Crippen molar-refractivity contribution >= 4 is 12.1 Å². The second-order valence-electron chi connectivity index (χ2n) is 11.8. The minimum absolute atomic E-state index is 0.0856. The standard InChI is InChI=1S/C34H42N2O7/c1-34(2,3)43-33(40)36-24-35(20-32(39)42-23-27-12-8-5-9-13-27)30(19-28(38)21-37)31(36)18-25-14-16-29(17-15-25)41-22-26-10-6-4-7-11-26/h4-17,28,30-31,37-38H,18-24H2,1-3H3/t28?,30-,31+/m1/s1. The molecule has 2 N–H and O–H groups in total. The molecular weight excluding hydrogens is 548 g/mol. The van der Waals surface area contributed by atoms with Gasteiger partial charge in [0, 0.05) is 6.04 Å². The second kappa shape index (κ2) is 15.0. The van der Waals surface area contributed by atoms with Crippen LogP contribution in [-0.4, -0.2) is 75.7 Å². The predicted octanol–water partition coefficient (Wildman–Crippen LogP) is 4.54. The minimum Gasteiger partial charge on any atom is -0.489 e. The van der Waals surface area contributed by atoms with E-state index >= 15 is 0 Å². The van der Waals surface area contributed by atoms with Gasteiger partial charge < -0.3 is 24.4 Å². The molecule has 9 heteroatoms. The molecule has 1 saturated heterocycles. The number of esters is 1. The molecule has 4 rings (SSSR count). The van der Waals surface area contributed by atoms with Gasteiger partial charge in [-0.2, -0.15) is 0 Å². The van der Waals surface area contributed by atoms with Gasteiger partial charge in [-0.25, -0.2) is 4.79 Å². The van der Waals surface area contributed by atoms with Crippen LogP contribution < -0.4 is 4.74 Å². The van der Waals surface area contributed by atoms with E-state index in [0.717, 1.165) is 22.4 Å². The van der Waals surface area contributed by atoms with E-state index in [-0.39, 0.29) is 26.2 Å². The van der Waals surface area contributed by atoms with Crippen LogP contribution in [0.5, 0.6) is 5.75 Å². The maximum atomic E-state index is 13.4. The molecule has 0 spiro atoms. The summed E-state index contributed by atoms with van der Waals surface area (Å²) in [4.78, 5) is 29.7. The third kappa shape index (κ3) is 9.81. The molecule has 1 fully saturated rings. The maximum Gasteiger partial charge on any atom is 0.411 e. The van der Waals surface area contributed by atoms with E-state index in [1.165, 1.54) is 0 Å². The summed E-state index contributed by atoms with van der Waals surface area (Å²) in [5, 5.41) is 20.1. The molecular formula is C34H42N2O7. The van der Waals surface area contributed by atoms with Gasteiger partial charge in [0.05, 0.1) is 32.0 Å². The predicted molar refractivity (Wildman–Crippen MR) is 162 cm³/mol. The van der Waals surface area contributed by atoms with Crippen molar-refractivity contribution in [3.63, 3.8) is 0 Å². The van der Waals surface area contributed by atoms with Crippen LogP contribution in [-0.2, 0) is 33.9 Å². The van der Waals surface area contributed by atoms with Gasteiger partial charge in [-0.15, -0.1) is 0 Å². The molecule has 0 bridgehead atoms. The summed E-state index contributed by atoms with van der Waals surface area (Å²) in [6.07, 6.45) is -0.937. The van der Waals surface area contributed by atoms with Crippen molar-refractivity contribution in [1.82, 2.24) is 9.80 Å². The van der Waals surface area contributed by atoms with Crippen LogP contribution in [0.4, 0.5) is 4.79 Å². The summed E-state index contributed by atoms with van der Waals surface area (Å²) < 4.78 is 17.2. The number of aliphatic hydroxyl groups is 2. The fraction of sp³-hybridized carbons (Fsp3) is 0.412. The van der Waals surface area contributed by atoms with Gasteiger partial charge in [0.2, 0.25) is 0 Å². The van der Waals surface area contributed by atoms with Crippen molar-refractivity contribution < 1.29 is 34.0 Å². The zero-order chi connectivity index (χ0) is 30.8. The van der Waals surface area contributed by atoms with Gasteiger partial charge in [0.15, 0.2) is 0 Å². The molecule has 43 heavy (non-hydrogen) atoms. The monoisotopic (exact) mass is 590 g/mol. The Morgan fingerprint density at radius 3 is 2.05 bits per heavy atom. The molecule has 1 aliphatic heterocycles. The Morgan fingerprint density at radius 1 is 0.860 bits per heavy atom. The summed E-state index contributed by atoms with van der Waals surface area (Å²) in [5.41, 5.74) is 2.16. The Labute approximate surface area is 253 Å². The van der Waals surface area contributed by atoms with Gasteiger partial charge in [0.1, 0.15) is 24.6 Å². The van der Waals surface area contributed by atoms with Crippen LogP contribution >= 0.6 is 0 Å². The fourth-order valence-electron chi connectivity index (χ4n) is 5.10. The van der Waals surface area contributed by atoms with E-state index in [9.17, 15) is 19.8 Å². The van der Waals surface area contributed by atoms with E-state index in [1.54, 1.807) is 25.7 Å². The van der Waals surface area contributed by atoms with Crippen molar-refractivity contribution in [2.45, 2.75) is 70.6 Å². The fourth-order valence-corrected chi connectivity index (χ4v) is 5.10. The Morgan fingerprint density at radius 2 is 1.47 bits per heavy atom. The molecule has 3 aromatic rings. The highest BCUT2D eigenvalue weighted by Gasteiger charge is 2.45. The Kier molecular flexibility index (Phi) is 11.2. The Balaban J connectivity index is 1.51. The zero-order valence-electron chi connectivity index (χ0n) is 25.1. The molecule has 1 aliphatic rings. The van der Waals surface area contributed by atoms with Crippen molar-refractivity contribution in [2.75, 3.05) is 19.8 Å². The maximum absolute atomic E-state index is 13.4. The van der Waals surface area contributed by atoms with E-state index in [2.05, 4.69) is 0 Å². The summed E-state index contributed by atoms with van der Waals surface area (Å²) in [7, 11) is 0. The first-order valence-electron chi connectivity index (χ1n) is 14.6. The molecule has 3 aromatic carbocycles. The number of hydrogen-bond donors (Lipinski definition) is 2. The lowest BCUT2D eigenvalue weighted by molar-refractivity contribution is -0.146. The molecule has 1 unspecified atom stereocenters. The molecule has 1 amide bonds. The van der Waals surface area contributed by atoms with E-state index in [4.69, 9.17) is 14.2 Å². The largest absolute Gasteiger partial charge is 0.489 e. The van der Waals surface area contributed by atoms with E-state index in [0.29, 0.717) is 13.0 Å². The molecule has 0 saturated carbocycles. The summed E-state index contributed by atoms with van der Waals surface area (Å²) in [6.45, 7) is 5.58. The second-order valence-corrected chi connectivity index (χ2v) is 11.8. The van der Waals surface area contributed by atoms with Crippen molar-refractivity contribution in [1.29, 1.82) is 0 Å². The summed E-state index contributed by atoms with van der Waals surface area (Å²) >= 11 is 0. The number of benzene rings is 3. The van der Waals surface area contributed by atoms with Crippen LogP contribution in [0.3, 0.4) is 0 Å². The third-order valence-corrected chi connectivity index (χ3v) is 7.19. The van der Waals surface area contributed by atoms with Crippen LogP contribution in [0, 0.1) is 0 Å². The molecule has 0 aliphatic carbocycles. The number of ether oxygens (including phenoxy) is 3. The summed E-state index contributed by atoms with van der Waals surface area (Å²) in [6, 6.07) is 26.1. The first-order valence-corrected chi connectivity index (χ1v) is 14.6. The normalized spacial score (nSPS) is 17.8. The van der Waals surface area contributed by atoms with Crippen LogP contribution in [0.25, 0.3) is 0 Å². The van der Waals surface area contributed by atoms with Gasteiger partial charge >= 0.3 is 12.1 Å². The lowest BCUT2D eigenvalue weighted by Gasteiger charge is -2.31. The molecule has 9 nitrogen and oxygen atoms in total. The highest BCUT2D eigenvalue weighted by molar-refractivity contribution is 5.73. The van der Waals surface area contributed by atoms with Gasteiger partial charge in [-0.3, -0.25) is 14.6 Å². The van der Waals surface area contributed by atoms with E-state index < -0.39 is 42.5 Å². The Hall–Kier alpha value is -3.92. The van der Waals surface area contributed by atoms with Gasteiger partial charge in [-0.05, 0) is 62.4 Å². The SMILES string of the molecule is CC(C)(C)OC(=O)N1CN(CC(=O)OCc2ccccc2)[C@H](CC(O)CO)[C@@H]1Cc1ccc(OCc2ccccc2)cc1. The van der Waals surface area contributed by atoms with Crippen LogP contribution in [0.15, 0.2) is 84.9 Å². The Bertz CT molecular complexity index is 1300. The van der Waals surface area contributed by atoms with Crippen molar-refractivity contribution in [3.8, 4) is 5.75 Å². The van der Waals surface area contributed by atoms with E-state index in [1.807, 2.05) is 89.8 Å². The molecule has 0 aromatic heterocycles. The topological polar surface area (TPSA) is 109 Å². The van der Waals surface area contributed by atoms with Crippen molar-refractivity contribution in [2.24, 2.45) is 0 Å². The highest BCUT2D eigenvalue weighted by atomic mass is 16.6. The zero-order valence-corrected chi connectivity index (χ0v) is 25.1. The first-order chi connectivity index (χ1) is 20.6. The molecule has 0 radical (unpaired) electrons. The minimum atomic E-state index is -1.03. The number of carbonyl (C=O) groups is 2. The third-order valence-electron chi connectivity index (χ3n) is 7.19. The lowest BCUT2D eigenvalue weighted by atomic mass is 9.95. The number of hydrogen-bond acceptors (Lipinski definition) is 8. The number of rotatable bonds is 12. The lowest BCUT2D eigenvalue weighted by Crippen LogP contribution is -2.45. The number of amides is 1. The van der Waals surface area contributed by atoms with Gasteiger partial charge in [-0.1, -0.05) is 72.8 Å². The molecule has 3 atom stereocenters. The number of aliphatic hydroxyl groups excluding tert-OH is 2. The average molecular weight is 591 g/mol. The van der Waals surface area contributed by atoms with Crippen LogP contribution in [0.2, 0.25) is 0 Å². The van der Waals surface area contributed by atoms with Crippen molar-refractivity contribution in [3.05, 3.63) is 102 Å². The quantitative estimate of drug-likeness (QED) is 0.296. The average Bonchev–Trinajstić information content (AvgIpc) is 3.31. The smallest absolute Gasteiger partial charge is 0.411 e. The first kappa shape index (κ1) is 32.0. The summed E-state index contributed by atoms with van der Waals surface area (Å²) in [5.74, 6) is 0.273. The highest BCUT2D eigenvalue weighted by Crippen LogP contribution is 2.30. The van der Waals surface area contributed by atoms with Gasteiger partial charge in [0.25, 0.3) is 0 Å². The molecule has 1 heterocycles. The number of carbonyl (C=O) groups excluding carboxylic acids is 2. The number of nitrogens with zero attached hydrogens (tertiary/aromatic N) is 2.